The van der Waals surface area contributed by atoms with E-state index in [1.807, 2.05) is 6.26 Å². The number of hydrogen-bond acceptors (Lipinski definition) is 5. The lowest BCUT2D eigenvalue weighted by molar-refractivity contribution is 0.0596. The second kappa shape index (κ2) is 4.39. The molecule has 1 heterocycles. The van der Waals surface area contributed by atoms with Crippen molar-refractivity contribution in [3.8, 4) is 0 Å². The topological polar surface area (TPSA) is 39.2 Å². The highest BCUT2D eigenvalue weighted by atomic mass is 32.2. The molecule has 0 fully saturated rings. The molecule has 0 saturated carbocycles. The van der Waals surface area contributed by atoms with Gasteiger partial charge in [-0.2, -0.15) is 0 Å². The van der Waals surface area contributed by atoms with E-state index >= 15 is 0 Å². The van der Waals surface area contributed by atoms with Crippen LogP contribution in [-0.4, -0.2) is 24.3 Å². The highest BCUT2D eigenvalue weighted by Crippen LogP contribution is 2.31. The monoisotopic (exact) mass is 257 g/mol. The molecule has 0 atom stereocenters. The second-order valence-corrected chi connectivity index (χ2v) is 5.00. The number of halogens is 1. The van der Waals surface area contributed by atoms with Gasteiger partial charge in [0.2, 0.25) is 0 Å². The van der Waals surface area contributed by atoms with Crippen molar-refractivity contribution in [2.24, 2.45) is 0 Å². The molecule has 0 spiro atoms. The summed E-state index contributed by atoms with van der Waals surface area (Å²) in [5.41, 5.74) is 0.519. The van der Waals surface area contributed by atoms with Crippen LogP contribution >= 0.6 is 23.1 Å². The van der Waals surface area contributed by atoms with Crippen LogP contribution in [-0.2, 0) is 4.74 Å². The van der Waals surface area contributed by atoms with E-state index in [9.17, 15) is 9.18 Å². The first-order chi connectivity index (χ1) is 7.67. The molecule has 0 aliphatic rings. The van der Waals surface area contributed by atoms with Crippen molar-refractivity contribution in [3.63, 3.8) is 0 Å². The van der Waals surface area contributed by atoms with Crippen LogP contribution in [0.15, 0.2) is 16.5 Å². The lowest BCUT2D eigenvalue weighted by Gasteiger charge is -2.00. The maximum Gasteiger partial charge on any atom is 0.340 e. The van der Waals surface area contributed by atoms with Gasteiger partial charge < -0.3 is 4.74 Å². The van der Waals surface area contributed by atoms with Gasteiger partial charge in [-0.3, -0.25) is 0 Å². The van der Waals surface area contributed by atoms with Gasteiger partial charge in [0.1, 0.15) is 0 Å². The third-order valence-electron chi connectivity index (χ3n) is 2.06. The Kier molecular flexibility index (Phi) is 3.11. The number of thioether (sulfide) groups is 1. The summed E-state index contributed by atoms with van der Waals surface area (Å²) in [6, 6.07) is 3.02. The van der Waals surface area contributed by atoms with E-state index in [1.165, 1.54) is 36.3 Å². The number of rotatable bonds is 2. The SMILES string of the molecule is COC(=O)c1ccc2nc(SC)sc2c1F. The van der Waals surface area contributed by atoms with E-state index in [0.717, 1.165) is 4.34 Å². The van der Waals surface area contributed by atoms with E-state index < -0.39 is 11.8 Å². The summed E-state index contributed by atoms with van der Waals surface area (Å²) in [7, 11) is 1.23. The molecule has 3 nitrogen and oxygen atoms in total. The normalized spacial score (nSPS) is 10.7. The molecule has 0 saturated heterocycles. The average molecular weight is 257 g/mol. The van der Waals surface area contributed by atoms with Crippen LogP contribution < -0.4 is 0 Å². The number of ether oxygens (including phenoxy) is 1. The van der Waals surface area contributed by atoms with Crippen molar-refractivity contribution in [1.29, 1.82) is 0 Å². The largest absolute Gasteiger partial charge is 0.465 e. The van der Waals surface area contributed by atoms with Crippen LogP contribution in [0.4, 0.5) is 4.39 Å². The fourth-order valence-corrected chi connectivity index (χ4v) is 2.80. The third-order valence-corrected chi connectivity index (χ3v) is 4.11. The van der Waals surface area contributed by atoms with E-state index in [0.29, 0.717) is 10.2 Å². The highest BCUT2D eigenvalue weighted by molar-refractivity contribution is 8.00. The van der Waals surface area contributed by atoms with Crippen LogP contribution in [0.2, 0.25) is 0 Å². The Morgan fingerprint density at radius 2 is 2.31 bits per heavy atom. The first-order valence-electron chi connectivity index (χ1n) is 4.38. The average Bonchev–Trinajstić information content (AvgIpc) is 2.72. The van der Waals surface area contributed by atoms with Crippen molar-refractivity contribution in [2.75, 3.05) is 13.4 Å². The Hall–Kier alpha value is -1.14. The lowest BCUT2D eigenvalue weighted by Crippen LogP contribution is -2.03. The molecule has 0 aliphatic heterocycles. The molecule has 0 unspecified atom stereocenters. The summed E-state index contributed by atoms with van der Waals surface area (Å²) < 4.78 is 19.6. The predicted octanol–water partition coefficient (Wildman–Crippen LogP) is 2.94. The lowest BCUT2D eigenvalue weighted by atomic mass is 10.2. The summed E-state index contributed by atoms with van der Waals surface area (Å²) in [5.74, 6) is -1.22. The number of fused-ring (bicyclic) bond motifs is 1. The van der Waals surface area contributed by atoms with Gasteiger partial charge in [0, 0.05) is 0 Å². The van der Waals surface area contributed by atoms with E-state index in [4.69, 9.17) is 0 Å². The Labute approximate surface area is 99.6 Å². The highest BCUT2D eigenvalue weighted by Gasteiger charge is 2.17. The molecule has 0 amide bonds. The van der Waals surface area contributed by atoms with E-state index in [2.05, 4.69) is 9.72 Å². The first-order valence-corrected chi connectivity index (χ1v) is 6.43. The van der Waals surface area contributed by atoms with Crippen LogP contribution in [0.5, 0.6) is 0 Å². The standard InChI is InChI=1S/C10H8FNO2S2/c1-14-9(13)5-3-4-6-8(7(5)11)16-10(12-6)15-2/h3-4H,1-2H3. The van der Waals surface area contributed by atoms with Gasteiger partial charge in [-0.05, 0) is 18.4 Å². The zero-order valence-corrected chi connectivity index (χ0v) is 10.2. The minimum Gasteiger partial charge on any atom is -0.465 e. The Morgan fingerprint density at radius 1 is 1.56 bits per heavy atom. The summed E-state index contributed by atoms with van der Waals surface area (Å²) in [6.07, 6.45) is 1.87. The Morgan fingerprint density at radius 3 is 2.94 bits per heavy atom. The molecular formula is C10H8FNO2S2. The van der Waals surface area contributed by atoms with Gasteiger partial charge >= 0.3 is 5.97 Å². The fourth-order valence-electron chi connectivity index (χ4n) is 1.29. The van der Waals surface area contributed by atoms with E-state index in [1.54, 1.807) is 6.07 Å². The zero-order chi connectivity index (χ0) is 11.7. The zero-order valence-electron chi connectivity index (χ0n) is 8.61. The molecule has 0 bridgehead atoms. The van der Waals surface area contributed by atoms with Crippen molar-refractivity contribution in [1.82, 2.24) is 4.98 Å². The smallest absolute Gasteiger partial charge is 0.340 e. The van der Waals surface area contributed by atoms with Gasteiger partial charge in [0.25, 0.3) is 0 Å². The van der Waals surface area contributed by atoms with E-state index in [-0.39, 0.29) is 5.56 Å². The maximum absolute atomic E-state index is 13.9. The quantitative estimate of drug-likeness (QED) is 0.612. The Balaban J connectivity index is 2.64. The number of carbonyl (C=O) groups excluding carboxylic acids is 1. The molecular weight excluding hydrogens is 249 g/mol. The number of esters is 1. The van der Waals surface area contributed by atoms with Gasteiger partial charge in [-0.15, -0.1) is 11.3 Å². The molecule has 0 radical (unpaired) electrons. The summed E-state index contributed by atoms with van der Waals surface area (Å²) in [5, 5.41) is 0. The molecule has 2 rings (SSSR count). The van der Waals surface area contributed by atoms with Crippen LogP contribution in [0, 0.1) is 5.82 Å². The molecule has 84 valence electrons. The van der Waals surface area contributed by atoms with Crippen molar-refractivity contribution in [2.45, 2.75) is 4.34 Å². The molecule has 1 aromatic heterocycles. The first kappa shape index (κ1) is 11.3. The number of benzene rings is 1. The summed E-state index contributed by atoms with van der Waals surface area (Å²) in [6.45, 7) is 0. The van der Waals surface area contributed by atoms with Crippen LogP contribution in [0.1, 0.15) is 10.4 Å². The number of carbonyl (C=O) groups is 1. The van der Waals surface area contributed by atoms with Gasteiger partial charge in [0.15, 0.2) is 10.2 Å². The van der Waals surface area contributed by atoms with Crippen molar-refractivity contribution in [3.05, 3.63) is 23.5 Å². The van der Waals surface area contributed by atoms with Gasteiger partial charge in [0.05, 0.1) is 22.9 Å². The minimum absolute atomic E-state index is 0.0497. The number of thiazole rings is 1. The molecule has 1 aromatic carbocycles. The maximum atomic E-state index is 13.9. The molecule has 6 heteroatoms. The molecule has 16 heavy (non-hydrogen) atoms. The third kappa shape index (κ3) is 1.78. The second-order valence-electron chi connectivity index (χ2n) is 2.95. The number of nitrogens with zero attached hydrogens (tertiary/aromatic N) is 1. The number of hydrogen-bond donors (Lipinski definition) is 0. The van der Waals surface area contributed by atoms with Crippen molar-refractivity contribution >= 4 is 39.3 Å². The summed E-state index contributed by atoms with van der Waals surface area (Å²) in [4.78, 5) is 15.5. The van der Waals surface area contributed by atoms with Gasteiger partial charge in [-0.25, -0.2) is 14.2 Å². The number of methoxy groups -OCH3 is 1. The van der Waals surface area contributed by atoms with Crippen LogP contribution in [0.25, 0.3) is 10.2 Å². The minimum atomic E-state index is -0.668. The number of aromatic nitrogens is 1. The van der Waals surface area contributed by atoms with Crippen molar-refractivity contribution < 1.29 is 13.9 Å². The molecule has 0 aliphatic carbocycles. The predicted molar refractivity (Wildman–Crippen MR) is 62.7 cm³/mol. The van der Waals surface area contributed by atoms with Gasteiger partial charge in [-0.1, -0.05) is 11.8 Å². The molecule has 0 N–H and O–H groups in total. The molecule has 2 aromatic rings. The van der Waals surface area contributed by atoms with Crippen LogP contribution in [0.3, 0.4) is 0 Å². The summed E-state index contributed by atoms with van der Waals surface area (Å²) >= 11 is 2.68. The Bertz CT molecular complexity index is 553. The fraction of sp³-hybridized carbons (Fsp3) is 0.200.